The van der Waals surface area contributed by atoms with Gasteiger partial charge in [0, 0.05) is 35.5 Å². The highest BCUT2D eigenvalue weighted by atomic mass is 79.9. The van der Waals surface area contributed by atoms with Gasteiger partial charge in [0.25, 0.3) is 0 Å². The molecule has 2 heterocycles. The number of rotatable bonds is 8. The molecule has 2 saturated heterocycles. The molecule has 1 aliphatic carbocycles. The Balaban J connectivity index is 1.24. The van der Waals surface area contributed by atoms with Gasteiger partial charge in [-0.3, -0.25) is 9.80 Å². The van der Waals surface area contributed by atoms with Crippen LogP contribution in [0.1, 0.15) is 24.0 Å². The van der Waals surface area contributed by atoms with Gasteiger partial charge in [0.05, 0.1) is 19.3 Å². The number of piperidine rings is 1. The van der Waals surface area contributed by atoms with Gasteiger partial charge in [-0.05, 0) is 61.1 Å². The molecule has 172 valence electrons. The number of halogens is 2. The monoisotopic (exact) mass is 562 g/mol. The normalized spacial score (nSPS) is 28.3. The van der Waals surface area contributed by atoms with Gasteiger partial charge in [0.1, 0.15) is 11.9 Å². The van der Waals surface area contributed by atoms with Crippen LogP contribution >= 0.6 is 31.9 Å². The summed E-state index contributed by atoms with van der Waals surface area (Å²) in [7, 11) is 0. The summed E-state index contributed by atoms with van der Waals surface area (Å²) in [4.78, 5) is 5.63. The van der Waals surface area contributed by atoms with Crippen molar-refractivity contribution in [3.05, 3.63) is 64.1 Å². The van der Waals surface area contributed by atoms with Crippen LogP contribution in [0.15, 0.2) is 53.0 Å². The van der Waals surface area contributed by atoms with Crippen LogP contribution in [0.2, 0.25) is 0 Å². The third-order valence-corrected chi connectivity index (χ3v) is 8.92. The number of alkyl halides is 1. The van der Waals surface area contributed by atoms with Crippen molar-refractivity contribution < 1.29 is 9.47 Å². The van der Waals surface area contributed by atoms with E-state index < -0.39 is 0 Å². The summed E-state index contributed by atoms with van der Waals surface area (Å²) in [5, 5.41) is 0. The molecule has 3 aliphatic rings. The molecule has 1 saturated carbocycles. The molecule has 2 aromatic carbocycles. The maximum atomic E-state index is 6.75. The third-order valence-electron chi connectivity index (χ3n) is 7.14. The highest BCUT2D eigenvalue weighted by molar-refractivity contribution is 9.10. The summed E-state index contributed by atoms with van der Waals surface area (Å²) in [6.07, 6.45) is 3.55. The molecule has 0 spiro atoms. The number of morpholine rings is 1. The number of ether oxygens (including phenoxy) is 2. The number of nitrogens with zero attached hydrogens (tertiary/aromatic N) is 2. The SMILES string of the molecule is Brc1ccc(OC2C[C@@H]3CN(Cc4ccccc4)[C@H]2C3Br)c(CCCN2CCOCC2)c1. The Bertz CT molecular complexity index is 891. The molecule has 4 atom stereocenters. The molecule has 4 nitrogen and oxygen atoms in total. The zero-order chi connectivity index (χ0) is 21.9. The number of likely N-dealkylation sites (tertiary alicyclic amines) is 1. The van der Waals surface area contributed by atoms with Gasteiger partial charge in [-0.2, -0.15) is 0 Å². The fourth-order valence-electron chi connectivity index (χ4n) is 5.53. The molecule has 3 fully saturated rings. The summed E-state index contributed by atoms with van der Waals surface area (Å²) in [6, 6.07) is 17.8. The summed E-state index contributed by atoms with van der Waals surface area (Å²) < 4.78 is 13.4. The van der Waals surface area contributed by atoms with E-state index in [2.05, 4.69) is 90.2 Å². The minimum absolute atomic E-state index is 0.237. The number of aryl methyl sites for hydroxylation is 1. The Morgan fingerprint density at radius 1 is 1.06 bits per heavy atom. The van der Waals surface area contributed by atoms with E-state index in [9.17, 15) is 0 Å². The fourth-order valence-corrected chi connectivity index (χ4v) is 7.00. The number of benzene rings is 2. The molecule has 0 N–H and O–H groups in total. The van der Waals surface area contributed by atoms with E-state index in [1.165, 1.54) is 11.1 Å². The van der Waals surface area contributed by atoms with Gasteiger partial charge >= 0.3 is 0 Å². The van der Waals surface area contributed by atoms with Crippen molar-refractivity contribution in [1.29, 1.82) is 0 Å². The first kappa shape index (κ1) is 22.9. The average molecular weight is 564 g/mol. The summed E-state index contributed by atoms with van der Waals surface area (Å²) in [5.74, 6) is 1.72. The van der Waals surface area contributed by atoms with Crippen molar-refractivity contribution >= 4 is 31.9 Å². The Morgan fingerprint density at radius 2 is 1.88 bits per heavy atom. The molecule has 32 heavy (non-hydrogen) atoms. The first-order valence-corrected chi connectivity index (χ1v) is 13.6. The van der Waals surface area contributed by atoms with Crippen LogP contribution in [-0.2, 0) is 17.7 Å². The number of fused-ring (bicyclic) bond motifs is 2. The van der Waals surface area contributed by atoms with E-state index >= 15 is 0 Å². The van der Waals surface area contributed by atoms with E-state index in [0.717, 1.165) is 75.4 Å². The van der Waals surface area contributed by atoms with E-state index in [1.807, 2.05) is 0 Å². The standard InChI is InChI=1S/C26H32Br2N2O2/c27-22-8-9-23(20(15-22)7-4-10-29-11-13-31-14-12-29)32-24-16-21-18-30(26(24)25(21)28)17-19-5-2-1-3-6-19/h1-3,5-6,8-9,15,21,24-26H,4,7,10-14,16-18H2/t21-,24?,25?,26-/m1/s1. The van der Waals surface area contributed by atoms with Crippen LogP contribution in [0.3, 0.4) is 0 Å². The maximum absolute atomic E-state index is 6.75. The second-order valence-corrected chi connectivity index (χ2v) is 11.3. The van der Waals surface area contributed by atoms with Gasteiger partial charge < -0.3 is 9.47 Å². The van der Waals surface area contributed by atoms with E-state index in [0.29, 0.717) is 16.8 Å². The molecule has 2 aromatic rings. The molecule has 2 bridgehead atoms. The molecule has 5 rings (SSSR count). The predicted molar refractivity (Wildman–Crippen MR) is 136 cm³/mol. The zero-order valence-corrected chi connectivity index (χ0v) is 21.6. The summed E-state index contributed by atoms with van der Waals surface area (Å²) in [6.45, 7) is 7.11. The molecule has 0 aromatic heterocycles. The lowest BCUT2D eigenvalue weighted by molar-refractivity contribution is 0.0374. The lowest BCUT2D eigenvalue weighted by Gasteiger charge is -2.34. The second-order valence-electron chi connectivity index (χ2n) is 9.31. The van der Waals surface area contributed by atoms with Crippen LogP contribution in [0.5, 0.6) is 5.75 Å². The molecular formula is C26H32Br2N2O2. The van der Waals surface area contributed by atoms with Gasteiger partial charge in [0.15, 0.2) is 0 Å². The Kier molecular flexibility index (Phi) is 7.54. The molecule has 0 amide bonds. The minimum atomic E-state index is 0.237. The summed E-state index contributed by atoms with van der Waals surface area (Å²) in [5.41, 5.74) is 2.70. The third kappa shape index (κ3) is 5.25. The molecule has 6 heteroatoms. The quantitative estimate of drug-likeness (QED) is 0.416. The largest absolute Gasteiger partial charge is 0.488 e. The zero-order valence-electron chi connectivity index (χ0n) is 18.5. The van der Waals surface area contributed by atoms with Crippen LogP contribution in [0.25, 0.3) is 0 Å². The van der Waals surface area contributed by atoms with Crippen molar-refractivity contribution in [1.82, 2.24) is 9.80 Å². The van der Waals surface area contributed by atoms with E-state index in [-0.39, 0.29) is 6.10 Å². The van der Waals surface area contributed by atoms with Gasteiger partial charge in [-0.1, -0.05) is 62.2 Å². The lowest BCUT2D eigenvalue weighted by atomic mass is 10.1. The molecule has 0 radical (unpaired) electrons. The van der Waals surface area contributed by atoms with Gasteiger partial charge in [-0.25, -0.2) is 0 Å². The van der Waals surface area contributed by atoms with Crippen LogP contribution in [0.4, 0.5) is 0 Å². The van der Waals surface area contributed by atoms with E-state index in [4.69, 9.17) is 9.47 Å². The highest BCUT2D eigenvalue weighted by Gasteiger charge is 2.52. The Morgan fingerprint density at radius 3 is 2.66 bits per heavy atom. The second kappa shape index (κ2) is 10.6. The Hall–Kier alpha value is -0.920. The van der Waals surface area contributed by atoms with Gasteiger partial charge in [-0.15, -0.1) is 0 Å². The maximum Gasteiger partial charge on any atom is 0.123 e. The smallest absolute Gasteiger partial charge is 0.123 e. The van der Waals surface area contributed by atoms with Crippen molar-refractivity contribution in [2.75, 3.05) is 39.4 Å². The summed E-state index contributed by atoms with van der Waals surface area (Å²) >= 11 is 7.68. The number of hydrogen-bond acceptors (Lipinski definition) is 4. The topological polar surface area (TPSA) is 24.9 Å². The van der Waals surface area contributed by atoms with Crippen LogP contribution in [-0.4, -0.2) is 66.2 Å². The number of hydrogen-bond donors (Lipinski definition) is 0. The fraction of sp³-hybridized carbons (Fsp3) is 0.538. The van der Waals surface area contributed by atoms with E-state index in [1.54, 1.807) is 0 Å². The molecule has 2 aliphatic heterocycles. The molecule has 2 unspecified atom stereocenters. The van der Waals surface area contributed by atoms with Crippen LogP contribution in [0, 0.1) is 5.92 Å². The average Bonchev–Trinajstić information content (AvgIpc) is 3.27. The van der Waals surface area contributed by atoms with Crippen molar-refractivity contribution in [3.8, 4) is 5.75 Å². The van der Waals surface area contributed by atoms with Crippen molar-refractivity contribution in [3.63, 3.8) is 0 Å². The van der Waals surface area contributed by atoms with Gasteiger partial charge in [0.2, 0.25) is 0 Å². The van der Waals surface area contributed by atoms with Crippen molar-refractivity contribution in [2.24, 2.45) is 5.92 Å². The first-order chi connectivity index (χ1) is 15.7. The first-order valence-electron chi connectivity index (χ1n) is 11.8. The molecular weight excluding hydrogens is 532 g/mol. The lowest BCUT2D eigenvalue weighted by Crippen LogP contribution is -2.44. The van der Waals surface area contributed by atoms with Crippen LogP contribution < -0.4 is 4.74 Å². The van der Waals surface area contributed by atoms with Crippen molar-refractivity contribution in [2.45, 2.75) is 42.8 Å². The minimum Gasteiger partial charge on any atom is -0.488 e. The predicted octanol–water partition coefficient (Wildman–Crippen LogP) is 5.13. The highest BCUT2D eigenvalue weighted by Crippen LogP contribution is 2.45. The Labute approximate surface area is 208 Å².